The third-order valence-electron chi connectivity index (χ3n) is 4.13. The van der Waals surface area contributed by atoms with Crippen LogP contribution >= 0.6 is 0 Å². The second kappa shape index (κ2) is 6.88. The number of carbonyl (C=O) groups is 1. The van der Waals surface area contributed by atoms with Gasteiger partial charge in [-0.1, -0.05) is 30.3 Å². The van der Waals surface area contributed by atoms with E-state index in [0.717, 1.165) is 17.4 Å². The van der Waals surface area contributed by atoms with Crippen molar-refractivity contribution in [1.29, 1.82) is 0 Å². The first kappa shape index (κ1) is 16.9. The molecule has 25 heavy (non-hydrogen) atoms. The predicted molar refractivity (Wildman–Crippen MR) is 95.7 cm³/mol. The fraction of sp³-hybridized carbons (Fsp3) is 0.333. The maximum Gasteiger partial charge on any atom is 0.338 e. The smallest absolute Gasteiger partial charge is 0.330 e. The summed E-state index contributed by atoms with van der Waals surface area (Å²) in [6.45, 7) is 0. The number of hydrogen-bond acceptors (Lipinski definition) is 4. The topological polar surface area (TPSA) is 73.0 Å². The Morgan fingerprint density at radius 3 is 2.56 bits per heavy atom. The number of carbonyl (C=O) groups excluding carboxylic acids is 1. The Bertz CT molecular complexity index is 957. The van der Waals surface area contributed by atoms with E-state index in [1.807, 2.05) is 18.2 Å². The molecule has 2 heterocycles. The minimum Gasteiger partial charge on any atom is -0.330 e. The van der Waals surface area contributed by atoms with Crippen LogP contribution in [0.1, 0.15) is 17.8 Å². The zero-order chi connectivity index (χ0) is 18.0. The van der Waals surface area contributed by atoms with Gasteiger partial charge in [0.05, 0.1) is 6.20 Å². The molecular formula is C18H21N5O2. The Morgan fingerprint density at radius 2 is 1.88 bits per heavy atom. The average molecular weight is 339 g/mol. The third kappa shape index (κ3) is 3.31. The summed E-state index contributed by atoms with van der Waals surface area (Å²) in [6.07, 6.45) is 4.12. The van der Waals surface area contributed by atoms with Gasteiger partial charge in [-0.25, -0.2) is 19.6 Å². The van der Waals surface area contributed by atoms with Crippen molar-refractivity contribution >= 4 is 17.2 Å². The van der Waals surface area contributed by atoms with E-state index in [4.69, 9.17) is 0 Å². The summed E-state index contributed by atoms with van der Waals surface area (Å²) >= 11 is 0. The highest BCUT2D eigenvalue weighted by molar-refractivity contribution is 5.86. The molecule has 7 nitrogen and oxygen atoms in total. The Kier molecular flexibility index (Phi) is 4.65. The maximum absolute atomic E-state index is 12.4. The molecule has 0 spiro atoms. The molecule has 0 unspecified atom stereocenters. The molecule has 0 aliphatic carbocycles. The van der Waals surface area contributed by atoms with Gasteiger partial charge < -0.3 is 4.90 Å². The number of aryl methyl sites for hydroxylation is 3. The number of aromatic nitrogens is 4. The number of rotatable bonds is 4. The standard InChI is InChI=1S/C18H21N5O2/c1-21(2)17(24)23-16-14(22(3)18(23)25)12-19-15(20-16)11-7-10-13-8-5-4-6-9-13/h4-6,8-9,12H,7,10-11H2,1-3H3. The van der Waals surface area contributed by atoms with Gasteiger partial charge in [0, 0.05) is 27.6 Å². The van der Waals surface area contributed by atoms with Crippen molar-refractivity contribution in [2.75, 3.05) is 14.1 Å². The van der Waals surface area contributed by atoms with E-state index in [1.54, 1.807) is 27.3 Å². The quantitative estimate of drug-likeness (QED) is 0.727. The highest BCUT2D eigenvalue weighted by Crippen LogP contribution is 2.11. The second-order valence-electron chi connectivity index (χ2n) is 6.19. The molecule has 0 saturated carbocycles. The van der Waals surface area contributed by atoms with Gasteiger partial charge in [0.1, 0.15) is 11.3 Å². The monoisotopic (exact) mass is 339 g/mol. The molecular weight excluding hydrogens is 318 g/mol. The molecule has 0 fully saturated rings. The van der Waals surface area contributed by atoms with Crippen LogP contribution in [0.4, 0.5) is 4.79 Å². The lowest BCUT2D eigenvalue weighted by atomic mass is 10.1. The Balaban J connectivity index is 1.87. The fourth-order valence-electron chi connectivity index (χ4n) is 2.73. The number of nitrogens with zero attached hydrogens (tertiary/aromatic N) is 5. The molecule has 0 atom stereocenters. The van der Waals surface area contributed by atoms with E-state index in [2.05, 4.69) is 22.1 Å². The van der Waals surface area contributed by atoms with Crippen molar-refractivity contribution in [3.05, 3.63) is 58.4 Å². The summed E-state index contributed by atoms with van der Waals surface area (Å²) in [5, 5.41) is 0. The van der Waals surface area contributed by atoms with Gasteiger partial charge in [-0.05, 0) is 18.4 Å². The summed E-state index contributed by atoms with van der Waals surface area (Å²) in [6, 6.07) is 9.81. The van der Waals surface area contributed by atoms with Crippen molar-refractivity contribution in [1.82, 2.24) is 24.0 Å². The van der Waals surface area contributed by atoms with Gasteiger partial charge in [0.15, 0.2) is 5.65 Å². The van der Waals surface area contributed by atoms with Gasteiger partial charge in [-0.2, -0.15) is 4.57 Å². The van der Waals surface area contributed by atoms with E-state index in [9.17, 15) is 9.59 Å². The predicted octanol–water partition coefficient (Wildman–Crippen LogP) is 1.83. The summed E-state index contributed by atoms with van der Waals surface area (Å²) in [5.41, 5.74) is 1.76. The Hall–Kier alpha value is -2.96. The SMILES string of the molecule is CN(C)C(=O)n1c(=O)n(C)c2cnc(CCCc3ccccc3)nc21. The van der Waals surface area contributed by atoms with Crippen LogP contribution in [-0.2, 0) is 19.9 Å². The highest BCUT2D eigenvalue weighted by atomic mass is 16.2. The molecule has 0 aliphatic heterocycles. The molecule has 3 aromatic rings. The Labute approximate surface area is 145 Å². The van der Waals surface area contributed by atoms with Crippen LogP contribution in [0.5, 0.6) is 0 Å². The first-order valence-electron chi connectivity index (χ1n) is 8.18. The lowest BCUT2D eigenvalue weighted by molar-refractivity contribution is 0.219. The summed E-state index contributed by atoms with van der Waals surface area (Å²) < 4.78 is 2.49. The first-order valence-corrected chi connectivity index (χ1v) is 8.18. The lowest BCUT2D eigenvalue weighted by Gasteiger charge is -2.10. The molecule has 130 valence electrons. The molecule has 0 saturated heterocycles. The summed E-state index contributed by atoms with van der Waals surface area (Å²) in [4.78, 5) is 34.9. The highest BCUT2D eigenvalue weighted by Gasteiger charge is 2.20. The first-order chi connectivity index (χ1) is 12.0. The zero-order valence-corrected chi connectivity index (χ0v) is 14.6. The van der Waals surface area contributed by atoms with E-state index >= 15 is 0 Å². The minimum atomic E-state index is -0.413. The van der Waals surface area contributed by atoms with Crippen molar-refractivity contribution in [2.24, 2.45) is 7.05 Å². The zero-order valence-electron chi connectivity index (χ0n) is 14.6. The number of amides is 1. The van der Waals surface area contributed by atoms with Gasteiger partial charge >= 0.3 is 11.7 Å². The number of hydrogen-bond donors (Lipinski definition) is 0. The molecule has 1 amide bonds. The van der Waals surface area contributed by atoms with Crippen LogP contribution in [0.25, 0.3) is 11.2 Å². The minimum absolute atomic E-state index is 0.357. The van der Waals surface area contributed by atoms with Crippen molar-refractivity contribution in [3.8, 4) is 0 Å². The van der Waals surface area contributed by atoms with Crippen LogP contribution in [0.2, 0.25) is 0 Å². The van der Waals surface area contributed by atoms with Gasteiger partial charge in [-0.3, -0.25) is 4.57 Å². The van der Waals surface area contributed by atoms with Crippen LogP contribution in [-0.4, -0.2) is 44.1 Å². The molecule has 0 aliphatic rings. The second-order valence-corrected chi connectivity index (χ2v) is 6.19. The Morgan fingerprint density at radius 1 is 1.16 bits per heavy atom. The summed E-state index contributed by atoms with van der Waals surface area (Å²) in [7, 11) is 4.83. The number of benzene rings is 1. The maximum atomic E-state index is 12.4. The van der Waals surface area contributed by atoms with Crippen LogP contribution < -0.4 is 5.69 Å². The van der Waals surface area contributed by atoms with E-state index in [-0.39, 0.29) is 0 Å². The average Bonchev–Trinajstić information content (AvgIpc) is 2.86. The molecule has 7 heteroatoms. The molecule has 1 aromatic carbocycles. The van der Waals surface area contributed by atoms with E-state index in [1.165, 1.54) is 15.0 Å². The van der Waals surface area contributed by atoms with E-state index < -0.39 is 11.7 Å². The fourth-order valence-corrected chi connectivity index (χ4v) is 2.73. The third-order valence-corrected chi connectivity index (χ3v) is 4.13. The van der Waals surface area contributed by atoms with Gasteiger partial charge in [-0.15, -0.1) is 0 Å². The van der Waals surface area contributed by atoms with Crippen molar-refractivity contribution in [2.45, 2.75) is 19.3 Å². The van der Waals surface area contributed by atoms with Gasteiger partial charge in [0.2, 0.25) is 0 Å². The van der Waals surface area contributed by atoms with Crippen LogP contribution in [0.15, 0.2) is 41.3 Å². The normalized spacial score (nSPS) is 11.0. The largest absolute Gasteiger partial charge is 0.338 e. The van der Waals surface area contributed by atoms with Gasteiger partial charge in [0.25, 0.3) is 0 Å². The lowest BCUT2D eigenvalue weighted by Crippen LogP contribution is -2.35. The summed E-state index contributed by atoms with van der Waals surface area (Å²) in [5.74, 6) is 0.634. The molecule has 0 bridgehead atoms. The number of imidazole rings is 1. The van der Waals surface area contributed by atoms with Crippen molar-refractivity contribution < 1.29 is 4.79 Å². The van der Waals surface area contributed by atoms with Crippen molar-refractivity contribution in [3.63, 3.8) is 0 Å². The van der Waals surface area contributed by atoms with Crippen LogP contribution in [0, 0.1) is 0 Å². The molecule has 3 rings (SSSR count). The molecule has 0 N–H and O–H groups in total. The molecule has 2 aromatic heterocycles. The number of fused-ring (bicyclic) bond motifs is 1. The van der Waals surface area contributed by atoms with E-state index in [0.29, 0.717) is 23.4 Å². The molecule has 0 radical (unpaired) electrons. The van der Waals surface area contributed by atoms with Crippen LogP contribution in [0.3, 0.4) is 0 Å².